The molecule has 122 valence electrons. The van der Waals surface area contributed by atoms with Gasteiger partial charge in [0.2, 0.25) is 5.91 Å². The van der Waals surface area contributed by atoms with Crippen LogP contribution in [-0.4, -0.2) is 35.1 Å². The predicted octanol–water partition coefficient (Wildman–Crippen LogP) is 1.86. The Kier molecular flexibility index (Phi) is 7.05. The SMILES string of the molecule is CCC(C)(CCO)NC(=O)CC(C)NC(=O)c1ccccc1. The van der Waals surface area contributed by atoms with Gasteiger partial charge in [-0.05, 0) is 38.8 Å². The van der Waals surface area contributed by atoms with E-state index in [9.17, 15) is 9.59 Å². The van der Waals surface area contributed by atoms with Gasteiger partial charge < -0.3 is 15.7 Å². The van der Waals surface area contributed by atoms with Crippen LogP contribution >= 0.6 is 0 Å². The fraction of sp³-hybridized carbons (Fsp3) is 0.529. The summed E-state index contributed by atoms with van der Waals surface area (Å²) < 4.78 is 0. The number of amides is 2. The van der Waals surface area contributed by atoms with E-state index in [-0.39, 0.29) is 30.9 Å². The zero-order valence-corrected chi connectivity index (χ0v) is 13.6. The highest BCUT2D eigenvalue weighted by atomic mass is 16.3. The Labute approximate surface area is 132 Å². The molecule has 0 aliphatic carbocycles. The number of benzene rings is 1. The third-order valence-electron chi connectivity index (χ3n) is 3.79. The minimum Gasteiger partial charge on any atom is -0.396 e. The smallest absolute Gasteiger partial charge is 0.251 e. The van der Waals surface area contributed by atoms with Gasteiger partial charge in [-0.2, -0.15) is 0 Å². The maximum Gasteiger partial charge on any atom is 0.251 e. The number of carbonyl (C=O) groups excluding carboxylic acids is 2. The van der Waals surface area contributed by atoms with Crippen molar-refractivity contribution in [2.24, 2.45) is 0 Å². The summed E-state index contributed by atoms with van der Waals surface area (Å²) in [5, 5.41) is 14.8. The molecule has 0 radical (unpaired) electrons. The number of nitrogens with one attached hydrogen (secondary N) is 2. The zero-order valence-electron chi connectivity index (χ0n) is 13.6. The van der Waals surface area contributed by atoms with Crippen molar-refractivity contribution in [2.45, 2.75) is 51.6 Å². The summed E-state index contributed by atoms with van der Waals surface area (Å²) >= 11 is 0. The van der Waals surface area contributed by atoms with E-state index >= 15 is 0 Å². The molecule has 0 heterocycles. The number of hydrogen-bond donors (Lipinski definition) is 3. The molecule has 0 saturated heterocycles. The zero-order chi connectivity index (χ0) is 16.6. The molecule has 0 fully saturated rings. The maximum atomic E-state index is 12.1. The lowest BCUT2D eigenvalue weighted by Crippen LogP contribution is -2.48. The Morgan fingerprint density at radius 1 is 1.27 bits per heavy atom. The molecular formula is C17H26N2O3. The van der Waals surface area contributed by atoms with E-state index in [1.54, 1.807) is 31.2 Å². The lowest BCUT2D eigenvalue weighted by molar-refractivity contribution is -0.123. The fourth-order valence-electron chi connectivity index (χ4n) is 2.19. The fourth-order valence-corrected chi connectivity index (χ4v) is 2.19. The minimum absolute atomic E-state index is 0.0327. The van der Waals surface area contributed by atoms with Gasteiger partial charge in [0.25, 0.3) is 5.91 Å². The van der Waals surface area contributed by atoms with Crippen LogP contribution in [-0.2, 0) is 4.79 Å². The van der Waals surface area contributed by atoms with Crippen LogP contribution in [0.5, 0.6) is 0 Å². The first-order valence-corrected chi connectivity index (χ1v) is 7.68. The molecule has 0 aromatic heterocycles. The topological polar surface area (TPSA) is 78.4 Å². The van der Waals surface area contributed by atoms with Crippen molar-refractivity contribution in [3.63, 3.8) is 0 Å². The number of rotatable bonds is 8. The highest BCUT2D eigenvalue weighted by Crippen LogP contribution is 2.14. The van der Waals surface area contributed by atoms with Crippen LogP contribution in [0.1, 0.15) is 50.4 Å². The van der Waals surface area contributed by atoms with Crippen LogP contribution in [0.25, 0.3) is 0 Å². The largest absolute Gasteiger partial charge is 0.396 e. The Balaban J connectivity index is 2.49. The summed E-state index contributed by atoms with van der Waals surface area (Å²) in [5.41, 5.74) is 0.170. The van der Waals surface area contributed by atoms with Gasteiger partial charge in [-0.3, -0.25) is 9.59 Å². The van der Waals surface area contributed by atoms with Crippen molar-refractivity contribution in [3.8, 4) is 0 Å². The van der Waals surface area contributed by atoms with Crippen LogP contribution in [0.3, 0.4) is 0 Å². The van der Waals surface area contributed by atoms with E-state index in [1.807, 2.05) is 19.9 Å². The summed E-state index contributed by atoms with van der Waals surface area (Å²) in [4.78, 5) is 24.1. The second-order valence-electron chi connectivity index (χ2n) is 5.88. The molecule has 0 saturated carbocycles. The molecule has 0 aliphatic heterocycles. The van der Waals surface area contributed by atoms with Gasteiger partial charge in [0.05, 0.1) is 0 Å². The minimum atomic E-state index is -0.408. The molecule has 2 atom stereocenters. The van der Waals surface area contributed by atoms with E-state index in [0.717, 1.165) is 6.42 Å². The van der Waals surface area contributed by atoms with Crippen molar-refractivity contribution in [1.82, 2.24) is 10.6 Å². The second kappa shape index (κ2) is 8.54. The highest BCUT2D eigenvalue weighted by Gasteiger charge is 2.24. The predicted molar refractivity (Wildman–Crippen MR) is 86.5 cm³/mol. The molecule has 5 nitrogen and oxygen atoms in total. The molecule has 0 spiro atoms. The summed E-state index contributed by atoms with van der Waals surface area (Å²) in [6.45, 7) is 5.71. The molecule has 5 heteroatoms. The Hall–Kier alpha value is -1.88. The van der Waals surface area contributed by atoms with Gasteiger partial charge in [-0.25, -0.2) is 0 Å². The second-order valence-corrected chi connectivity index (χ2v) is 5.88. The summed E-state index contributed by atoms with van der Waals surface area (Å²) in [7, 11) is 0. The lowest BCUT2D eigenvalue weighted by Gasteiger charge is -2.29. The lowest BCUT2D eigenvalue weighted by atomic mass is 9.94. The Morgan fingerprint density at radius 2 is 1.91 bits per heavy atom. The van der Waals surface area contributed by atoms with E-state index < -0.39 is 5.54 Å². The normalized spacial score (nSPS) is 14.7. The molecule has 1 aromatic carbocycles. The third kappa shape index (κ3) is 5.85. The summed E-state index contributed by atoms with van der Waals surface area (Å²) in [5.74, 6) is -0.312. The average molecular weight is 306 g/mol. The molecule has 22 heavy (non-hydrogen) atoms. The molecule has 1 aromatic rings. The molecule has 0 bridgehead atoms. The van der Waals surface area contributed by atoms with Crippen molar-refractivity contribution >= 4 is 11.8 Å². The number of aliphatic hydroxyl groups is 1. The van der Waals surface area contributed by atoms with E-state index in [1.165, 1.54) is 0 Å². The van der Waals surface area contributed by atoms with Crippen LogP contribution in [0.4, 0.5) is 0 Å². The molecule has 2 amide bonds. The van der Waals surface area contributed by atoms with Crippen LogP contribution in [0.15, 0.2) is 30.3 Å². The summed E-state index contributed by atoms with van der Waals surface area (Å²) in [6.07, 6.45) is 1.46. The van der Waals surface area contributed by atoms with Crippen molar-refractivity contribution in [3.05, 3.63) is 35.9 Å². The van der Waals surface area contributed by atoms with Gasteiger partial charge >= 0.3 is 0 Å². The Morgan fingerprint density at radius 3 is 2.45 bits per heavy atom. The number of hydrogen-bond acceptors (Lipinski definition) is 3. The first-order valence-electron chi connectivity index (χ1n) is 7.68. The van der Waals surface area contributed by atoms with Crippen LogP contribution in [0, 0.1) is 0 Å². The van der Waals surface area contributed by atoms with E-state index in [0.29, 0.717) is 12.0 Å². The number of aliphatic hydroxyl groups excluding tert-OH is 1. The van der Waals surface area contributed by atoms with Gasteiger partial charge in [0, 0.05) is 30.2 Å². The maximum absolute atomic E-state index is 12.1. The van der Waals surface area contributed by atoms with E-state index in [2.05, 4.69) is 10.6 Å². The quantitative estimate of drug-likeness (QED) is 0.686. The van der Waals surface area contributed by atoms with Gasteiger partial charge in [-0.15, -0.1) is 0 Å². The molecule has 0 aliphatic rings. The average Bonchev–Trinajstić information content (AvgIpc) is 2.47. The van der Waals surface area contributed by atoms with Crippen molar-refractivity contribution in [2.75, 3.05) is 6.61 Å². The van der Waals surface area contributed by atoms with Crippen LogP contribution < -0.4 is 10.6 Å². The van der Waals surface area contributed by atoms with E-state index in [4.69, 9.17) is 5.11 Å². The Bertz CT molecular complexity index is 490. The monoisotopic (exact) mass is 306 g/mol. The van der Waals surface area contributed by atoms with Crippen LogP contribution in [0.2, 0.25) is 0 Å². The van der Waals surface area contributed by atoms with Gasteiger partial charge in [-0.1, -0.05) is 25.1 Å². The highest BCUT2D eigenvalue weighted by molar-refractivity contribution is 5.94. The number of carbonyl (C=O) groups is 2. The van der Waals surface area contributed by atoms with Gasteiger partial charge in [0.1, 0.15) is 0 Å². The molecular weight excluding hydrogens is 280 g/mol. The first kappa shape index (κ1) is 18.2. The molecule has 1 rings (SSSR count). The van der Waals surface area contributed by atoms with Crippen molar-refractivity contribution in [1.29, 1.82) is 0 Å². The standard InChI is InChI=1S/C17H26N2O3/c1-4-17(3,10-11-20)19-15(21)12-13(2)18-16(22)14-8-6-5-7-9-14/h5-9,13,20H,4,10-12H2,1-3H3,(H,18,22)(H,19,21). The van der Waals surface area contributed by atoms with Crippen molar-refractivity contribution < 1.29 is 14.7 Å². The molecule has 3 N–H and O–H groups in total. The molecule has 2 unspecified atom stereocenters. The first-order chi connectivity index (χ1) is 10.4. The summed E-state index contributed by atoms with van der Waals surface area (Å²) in [6, 6.07) is 8.65. The van der Waals surface area contributed by atoms with Gasteiger partial charge in [0.15, 0.2) is 0 Å². The third-order valence-corrected chi connectivity index (χ3v) is 3.79.